The Morgan fingerprint density at radius 2 is 2.17 bits per heavy atom. The SMILES string of the molecule is CC1=C(B(O)O)C=CN(C)CC1. The Balaban J connectivity index is 2.83. The van der Waals surface area contributed by atoms with E-state index in [9.17, 15) is 0 Å². The lowest BCUT2D eigenvalue weighted by molar-refractivity contribution is 0.420. The summed E-state index contributed by atoms with van der Waals surface area (Å²) in [6.07, 6.45) is 4.51. The molecule has 12 heavy (non-hydrogen) atoms. The van der Waals surface area contributed by atoms with Crippen LogP contribution >= 0.6 is 0 Å². The first-order chi connectivity index (χ1) is 5.61. The van der Waals surface area contributed by atoms with Gasteiger partial charge in [-0.1, -0.05) is 5.57 Å². The zero-order valence-electron chi connectivity index (χ0n) is 7.49. The molecule has 66 valence electrons. The molecule has 0 unspecified atom stereocenters. The Kier molecular flexibility index (Phi) is 2.95. The van der Waals surface area contributed by atoms with Crippen LogP contribution in [0.5, 0.6) is 0 Å². The Morgan fingerprint density at radius 3 is 2.75 bits per heavy atom. The van der Waals surface area contributed by atoms with Crippen LogP contribution < -0.4 is 0 Å². The van der Waals surface area contributed by atoms with Crippen LogP contribution in [-0.4, -0.2) is 35.7 Å². The third kappa shape index (κ3) is 2.12. The lowest BCUT2D eigenvalue weighted by Gasteiger charge is -2.10. The maximum atomic E-state index is 8.99. The summed E-state index contributed by atoms with van der Waals surface area (Å²) in [5.74, 6) is 0. The predicted molar refractivity (Wildman–Crippen MR) is 49.3 cm³/mol. The van der Waals surface area contributed by atoms with E-state index in [4.69, 9.17) is 10.0 Å². The molecule has 0 aromatic heterocycles. The van der Waals surface area contributed by atoms with Gasteiger partial charge in [0.05, 0.1) is 0 Å². The molecule has 0 fully saturated rings. The average molecular weight is 167 g/mol. The van der Waals surface area contributed by atoms with E-state index >= 15 is 0 Å². The Bertz CT molecular complexity index is 223. The van der Waals surface area contributed by atoms with Crippen molar-refractivity contribution in [1.29, 1.82) is 0 Å². The molecule has 0 saturated heterocycles. The number of hydrogen-bond donors (Lipinski definition) is 2. The molecule has 0 aliphatic carbocycles. The third-order valence-electron chi connectivity index (χ3n) is 2.12. The van der Waals surface area contributed by atoms with Gasteiger partial charge in [-0.15, -0.1) is 0 Å². The van der Waals surface area contributed by atoms with Gasteiger partial charge in [0.1, 0.15) is 0 Å². The van der Waals surface area contributed by atoms with Crippen molar-refractivity contribution in [2.24, 2.45) is 0 Å². The molecular weight excluding hydrogens is 153 g/mol. The van der Waals surface area contributed by atoms with Crippen molar-refractivity contribution < 1.29 is 10.0 Å². The average Bonchev–Trinajstić information content (AvgIpc) is 2.14. The molecule has 4 heteroatoms. The summed E-state index contributed by atoms with van der Waals surface area (Å²) in [5.41, 5.74) is 1.67. The van der Waals surface area contributed by atoms with E-state index in [1.54, 1.807) is 6.08 Å². The van der Waals surface area contributed by atoms with Crippen LogP contribution in [0.25, 0.3) is 0 Å². The maximum Gasteiger partial charge on any atom is 0.488 e. The molecular formula is C8H14BNO2. The van der Waals surface area contributed by atoms with E-state index in [1.165, 1.54) is 0 Å². The monoisotopic (exact) mass is 167 g/mol. The highest BCUT2D eigenvalue weighted by Crippen LogP contribution is 2.15. The van der Waals surface area contributed by atoms with Gasteiger partial charge in [-0.3, -0.25) is 0 Å². The minimum absolute atomic E-state index is 0.624. The molecule has 0 radical (unpaired) electrons. The topological polar surface area (TPSA) is 43.7 Å². The maximum absolute atomic E-state index is 8.99. The zero-order chi connectivity index (χ0) is 9.14. The summed E-state index contributed by atoms with van der Waals surface area (Å²) in [4.78, 5) is 2.03. The molecule has 1 rings (SSSR count). The summed E-state index contributed by atoms with van der Waals surface area (Å²) in [6, 6.07) is 0. The lowest BCUT2D eigenvalue weighted by Crippen LogP contribution is -2.15. The number of allylic oxidation sites excluding steroid dienone is 2. The third-order valence-corrected chi connectivity index (χ3v) is 2.12. The normalized spacial score (nSPS) is 18.2. The summed E-state index contributed by atoms with van der Waals surface area (Å²) in [6.45, 7) is 2.86. The summed E-state index contributed by atoms with van der Waals surface area (Å²) in [7, 11) is 0.629. The molecule has 0 atom stereocenters. The number of nitrogens with zero attached hydrogens (tertiary/aromatic N) is 1. The van der Waals surface area contributed by atoms with E-state index in [1.807, 2.05) is 25.1 Å². The van der Waals surface area contributed by atoms with Gasteiger partial charge < -0.3 is 14.9 Å². The fourth-order valence-electron chi connectivity index (χ4n) is 1.22. The Hall–Kier alpha value is -0.735. The minimum atomic E-state index is -1.34. The van der Waals surface area contributed by atoms with Crippen LogP contribution in [-0.2, 0) is 0 Å². The van der Waals surface area contributed by atoms with Gasteiger partial charge in [0.2, 0.25) is 0 Å². The van der Waals surface area contributed by atoms with Crippen molar-refractivity contribution in [3.63, 3.8) is 0 Å². The van der Waals surface area contributed by atoms with Crippen molar-refractivity contribution in [1.82, 2.24) is 4.90 Å². The largest absolute Gasteiger partial charge is 0.488 e. The zero-order valence-corrected chi connectivity index (χ0v) is 7.49. The fraction of sp³-hybridized carbons (Fsp3) is 0.500. The van der Waals surface area contributed by atoms with Crippen molar-refractivity contribution >= 4 is 7.12 Å². The van der Waals surface area contributed by atoms with Crippen molar-refractivity contribution in [2.45, 2.75) is 13.3 Å². The molecule has 0 aromatic rings. The van der Waals surface area contributed by atoms with E-state index in [0.717, 1.165) is 18.5 Å². The fourth-order valence-corrected chi connectivity index (χ4v) is 1.22. The van der Waals surface area contributed by atoms with Gasteiger partial charge in [-0.05, 0) is 31.1 Å². The van der Waals surface area contributed by atoms with Crippen molar-refractivity contribution in [3.8, 4) is 0 Å². The van der Waals surface area contributed by atoms with Crippen LogP contribution in [0, 0.1) is 0 Å². The number of hydrogen-bond acceptors (Lipinski definition) is 3. The van der Waals surface area contributed by atoms with Crippen molar-refractivity contribution in [3.05, 3.63) is 23.3 Å². The van der Waals surface area contributed by atoms with E-state index < -0.39 is 7.12 Å². The van der Waals surface area contributed by atoms with Gasteiger partial charge in [0.25, 0.3) is 0 Å². The van der Waals surface area contributed by atoms with Crippen LogP contribution in [0.2, 0.25) is 0 Å². The highest BCUT2D eigenvalue weighted by atomic mass is 16.4. The molecule has 0 saturated carbocycles. The summed E-state index contributed by atoms with van der Waals surface area (Å²) >= 11 is 0. The first-order valence-corrected chi connectivity index (χ1v) is 4.05. The quantitative estimate of drug-likeness (QED) is 0.547. The van der Waals surface area contributed by atoms with Gasteiger partial charge in [0, 0.05) is 13.6 Å². The first-order valence-electron chi connectivity index (χ1n) is 4.05. The summed E-state index contributed by atoms with van der Waals surface area (Å²) < 4.78 is 0. The van der Waals surface area contributed by atoms with Crippen LogP contribution in [0.15, 0.2) is 23.3 Å². The van der Waals surface area contributed by atoms with Crippen LogP contribution in [0.4, 0.5) is 0 Å². The number of rotatable bonds is 1. The van der Waals surface area contributed by atoms with E-state index in [0.29, 0.717) is 5.47 Å². The molecule has 3 nitrogen and oxygen atoms in total. The summed E-state index contributed by atoms with van der Waals surface area (Å²) in [5, 5.41) is 18.0. The van der Waals surface area contributed by atoms with E-state index in [2.05, 4.69) is 0 Å². The first kappa shape index (κ1) is 9.35. The molecule has 0 bridgehead atoms. The van der Waals surface area contributed by atoms with Gasteiger partial charge in [-0.2, -0.15) is 0 Å². The van der Waals surface area contributed by atoms with Gasteiger partial charge in [0.15, 0.2) is 0 Å². The molecule has 1 aliphatic heterocycles. The lowest BCUT2D eigenvalue weighted by atomic mass is 9.76. The molecule has 1 heterocycles. The highest BCUT2D eigenvalue weighted by Gasteiger charge is 2.16. The van der Waals surface area contributed by atoms with Gasteiger partial charge >= 0.3 is 7.12 Å². The van der Waals surface area contributed by atoms with Crippen molar-refractivity contribution in [2.75, 3.05) is 13.6 Å². The smallest absolute Gasteiger partial charge is 0.423 e. The van der Waals surface area contributed by atoms with E-state index in [-0.39, 0.29) is 0 Å². The second-order valence-electron chi connectivity index (χ2n) is 3.16. The minimum Gasteiger partial charge on any atom is -0.423 e. The molecule has 2 N–H and O–H groups in total. The standard InChI is InChI=1S/C8H14BNO2/c1-7-3-5-10(2)6-4-8(7)9(11)12/h4,6,11-12H,3,5H2,1-2H3. The highest BCUT2D eigenvalue weighted by molar-refractivity contribution is 6.52. The Labute approximate surface area is 73.1 Å². The molecule has 0 amide bonds. The molecule has 0 aromatic carbocycles. The van der Waals surface area contributed by atoms with Crippen LogP contribution in [0.1, 0.15) is 13.3 Å². The second-order valence-corrected chi connectivity index (χ2v) is 3.16. The molecule has 0 spiro atoms. The predicted octanol–water partition coefficient (Wildman–Crippen LogP) is 0.164. The Morgan fingerprint density at radius 1 is 1.50 bits per heavy atom. The van der Waals surface area contributed by atoms with Gasteiger partial charge in [-0.25, -0.2) is 0 Å². The second kappa shape index (κ2) is 3.78. The molecule has 1 aliphatic rings. The van der Waals surface area contributed by atoms with Crippen LogP contribution in [0.3, 0.4) is 0 Å².